The fourth-order valence-electron chi connectivity index (χ4n) is 2.47. The van der Waals surface area contributed by atoms with Crippen LogP contribution in [0.4, 0.5) is 0 Å². The third kappa shape index (κ3) is 3.32. The van der Waals surface area contributed by atoms with Crippen LogP contribution in [0.25, 0.3) is 0 Å². The Bertz CT molecular complexity index is 275. The second kappa shape index (κ2) is 5.46. The summed E-state index contributed by atoms with van der Waals surface area (Å²) in [4.78, 5) is 24.8. The number of hydrogen-bond donors (Lipinski definition) is 0. The number of piperidine rings is 1. The highest BCUT2D eigenvalue weighted by Gasteiger charge is 2.31. The normalized spacial score (nSPS) is 30.2. The molecule has 1 fully saturated rings. The molecule has 0 aromatic rings. The van der Waals surface area contributed by atoms with Crippen molar-refractivity contribution in [3.05, 3.63) is 0 Å². The number of Topliss-reactive ketones (excluding diaryl/α,β-unsaturated/α-hetero) is 1. The lowest BCUT2D eigenvalue weighted by Crippen LogP contribution is -2.48. The smallest absolute Gasteiger partial charge is 0.223 e. The van der Waals surface area contributed by atoms with Gasteiger partial charge in [0.1, 0.15) is 5.78 Å². The van der Waals surface area contributed by atoms with Gasteiger partial charge in [-0.1, -0.05) is 13.8 Å². The van der Waals surface area contributed by atoms with E-state index in [1.54, 1.807) is 0 Å². The van der Waals surface area contributed by atoms with Gasteiger partial charge < -0.3 is 9.69 Å². The van der Waals surface area contributed by atoms with Gasteiger partial charge in [0.05, 0.1) is 0 Å². The van der Waals surface area contributed by atoms with Gasteiger partial charge in [0.15, 0.2) is 0 Å². The van der Waals surface area contributed by atoms with E-state index in [1.165, 1.54) is 13.3 Å². The zero-order chi connectivity index (χ0) is 12.3. The Kier molecular flexibility index (Phi) is 4.51. The maximum atomic E-state index is 12.0. The number of carbonyl (C=O) groups excluding carboxylic acids is 2. The van der Waals surface area contributed by atoms with Crippen LogP contribution >= 0.6 is 0 Å². The maximum absolute atomic E-state index is 12.0. The molecule has 0 bridgehead atoms. The molecule has 0 N–H and O–H groups in total. The van der Waals surface area contributed by atoms with Crippen LogP contribution in [-0.4, -0.2) is 29.2 Å². The zero-order valence-electron chi connectivity index (χ0n) is 10.8. The van der Waals surface area contributed by atoms with Crippen LogP contribution in [0, 0.1) is 11.8 Å². The number of rotatable bonds is 3. The molecule has 3 atom stereocenters. The van der Waals surface area contributed by atoms with Crippen LogP contribution in [0.3, 0.4) is 0 Å². The van der Waals surface area contributed by atoms with Crippen LogP contribution < -0.4 is 0 Å². The van der Waals surface area contributed by atoms with Crippen molar-refractivity contribution in [1.29, 1.82) is 0 Å². The summed E-state index contributed by atoms with van der Waals surface area (Å²) in [6, 6.07) is 0.315. The molecule has 3 heteroatoms. The van der Waals surface area contributed by atoms with E-state index in [0.29, 0.717) is 30.7 Å². The van der Waals surface area contributed by atoms with Crippen molar-refractivity contribution in [2.45, 2.75) is 53.0 Å². The predicted octanol–water partition coefficient (Wildman–Crippen LogP) is 2.25. The molecule has 0 aromatic heterocycles. The molecule has 1 saturated heterocycles. The maximum Gasteiger partial charge on any atom is 0.223 e. The number of nitrogens with zero attached hydrogens (tertiary/aromatic N) is 1. The monoisotopic (exact) mass is 225 g/mol. The van der Waals surface area contributed by atoms with Crippen molar-refractivity contribution in [3.8, 4) is 0 Å². The number of hydrogen-bond acceptors (Lipinski definition) is 2. The summed E-state index contributed by atoms with van der Waals surface area (Å²) >= 11 is 0. The van der Waals surface area contributed by atoms with Gasteiger partial charge in [-0.25, -0.2) is 0 Å². The zero-order valence-corrected chi connectivity index (χ0v) is 10.8. The Labute approximate surface area is 98.2 Å². The molecule has 3 unspecified atom stereocenters. The Morgan fingerprint density at radius 3 is 2.38 bits per heavy atom. The second-order valence-corrected chi connectivity index (χ2v) is 5.31. The Morgan fingerprint density at radius 1 is 1.19 bits per heavy atom. The summed E-state index contributed by atoms with van der Waals surface area (Å²) < 4.78 is 0. The van der Waals surface area contributed by atoms with Crippen molar-refractivity contribution in [3.63, 3.8) is 0 Å². The van der Waals surface area contributed by atoms with Gasteiger partial charge >= 0.3 is 0 Å². The first kappa shape index (κ1) is 13.2. The summed E-state index contributed by atoms with van der Waals surface area (Å²) in [5.41, 5.74) is 0. The molecule has 1 aliphatic rings. The molecule has 0 radical (unpaired) electrons. The lowest BCUT2D eigenvalue weighted by Gasteiger charge is -2.41. The van der Waals surface area contributed by atoms with Crippen molar-refractivity contribution >= 4 is 11.7 Å². The van der Waals surface area contributed by atoms with Gasteiger partial charge in [-0.05, 0) is 32.1 Å². The van der Waals surface area contributed by atoms with Crippen LogP contribution in [0.15, 0.2) is 0 Å². The molecule has 0 spiro atoms. The molecular weight excluding hydrogens is 202 g/mol. The first-order chi connectivity index (χ1) is 7.41. The SMILES string of the molecule is CC(=O)CCC(=O)N1CC(C)CC(C)C1C. The third-order valence-electron chi connectivity index (χ3n) is 3.61. The quantitative estimate of drug-likeness (QED) is 0.738. The first-order valence-corrected chi connectivity index (χ1v) is 6.20. The molecule has 16 heavy (non-hydrogen) atoms. The summed E-state index contributed by atoms with van der Waals surface area (Å²) in [5, 5.41) is 0. The molecule has 0 saturated carbocycles. The highest BCUT2D eigenvalue weighted by atomic mass is 16.2. The summed E-state index contributed by atoms with van der Waals surface area (Å²) in [6.07, 6.45) is 1.95. The fraction of sp³-hybridized carbons (Fsp3) is 0.846. The van der Waals surface area contributed by atoms with E-state index in [-0.39, 0.29) is 11.7 Å². The average Bonchev–Trinajstić information content (AvgIpc) is 2.19. The number of carbonyl (C=O) groups is 2. The standard InChI is InChI=1S/C13H23NO2/c1-9-7-10(2)12(4)14(8-9)13(16)6-5-11(3)15/h9-10,12H,5-8H2,1-4H3. The van der Waals surface area contributed by atoms with Gasteiger partial charge in [-0.15, -0.1) is 0 Å². The van der Waals surface area contributed by atoms with Gasteiger partial charge in [0, 0.05) is 25.4 Å². The molecule has 3 nitrogen and oxygen atoms in total. The summed E-state index contributed by atoms with van der Waals surface area (Å²) in [7, 11) is 0. The van der Waals surface area contributed by atoms with Gasteiger partial charge in [0.25, 0.3) is 0 Å². The van der Waals surface area contributed by atoms with Crippen LogP contribution in [0.2, 0.25) is 0 Å². The molecule has 1 aliphatic heterocycles. The highest BCUT2D eigenvalue weighted by molar-refractivity contribution is 5.83. The van der Waals surface area contributed by atoms with E-state index in [9.17, 15) is 9.59 Å². The van der Waals surface area contributed by atoms with Gasteiger partial charge in [-0.3, -0.25) is 4.79 Å². The van der Waals surface area contributed by atoms with E-state index >= 15 is 0 Å². The van der Waals surface area contributed by atoms with Crippen LogP contribution in [0.5, 0.6) is 0 Å². The molecule has 1 rings (SSSR count). The summed E-state index contributed by atoms with van der Waals surface area (Å²) in [5.74, 6) is 1.37. The first-order valence-electron chi connectivity index (χ1n) is 6.20. The van der Waals surface area contributed by atoms with Crippen LogP contribution in [-0.2, 0) is 9.59 Å². The average molecular weight is 225 g/mol. The van der Waals surface area contributed by atoms with E-state index in [4.69, 9.17) is 0 Å². The van der Waals surface area contributed by atoms with E-state index < -0.39 is 0 Å². The van der Waals surface area contributed by atoms with E-state index in [1.807, 2.05) is 4.90 Å². The van der Waals surface area contributed by atoms with Crippen molar-refractivity contribution in [2.75, 3.05) is 6.54 Å². The largest absolute Gasteiger partial charge is 0.339 e. The van der Waals surface area contributed by atoms with Crippen molar-refractivity contribution in [1.82, 2.24) is 4.90 Å². The van der Waals surface area contributed by atoms with E-state index in [2.05, 4.69) is 20.8 Å². The number of ketones is 1. The minimum absolute atomic E-state index is 0.0964. The molecule has 0 aliphatic carbocycles. The molecule has 1 heterocycles. The van der Waals surface area contributed by atoms with E-state index in [0.717, 1.165) is 6.54 Å². The molecule has 1 amide bonds. The Balaban J connectivity index is 2.56. The minimum atomic E-state index is 0.0964. The molecule has 92 valence electrons. The van der Waals surface area contributed by atoms with Crippen molar-refractivity contribution in [2.24, 2.45) is 11.8 Å². The van der Waals surface area contributed by atoms with Crippen molar-refractivity contribution < 1.29 is 9.59 Å². The highest BCUT2D eigenvalue weighted by Crippen LogP contribution is 2.27. The van der Waals surface area contributed by atoms with Gasteiger partial charge in [-0.2, -0.15) is 0 Å². The molecular formula is C13H23NO2. The lowest BCUT2D eigenvalue weighted by atomic mass is 9.86. The van der Waals surface area contributed by atoms with Gasteiger partial charge in [0.2, 0.25) is 5.91 Å². The van der Waals surface area contributed by atoms with Crippen LogP contribution in [0.1, 0.15) is 47.0 Å². The third-order valence-corrected chi connectivity index (χ3v) is 3.61. The number of amides is 1. The summed E-state index contributed by atoms with van der Waals surface area (Å²) in [6.45, 7) is 8.89. The Hall–Kier alpha value is -0.860. The minimum Gasteiger partial charge on any atom is -0.339 e. The topological polar surface area (TPSA) is 37.4 Å². The Morgan fingerprint density at radius 2 is 1.81 bits per heavy atom. The molecule has 0 aromatic carbocycles. The fourth-order valence-corrected chi connectivity index (χ4v) is 2.47. The predicted molar refractivity (Wildman–Crippen MR) is 64.0 cm³/mol. The number of likely N-dealkylation sites (tertiary alicyclic amines) is 1. The lowest BCUT2D eigenvalue weighted by molar-refractivity contribution is -0.138. The second-order valence-electron chi connectivity index (χ2n) is 5.31.